The van der Waals surface area contributed by atoms with Crippen LogP contribution in [0.2, 0.25) is 24.7 Å². The van der Waals surface area contributed by atoms with Gasteiger partial charge in [-0.3, -0.25) is 0 Å². The van der Waals surface area contributed by atoms with E-state index in [0.717, 1.165) is 4.47 Å². The summed E-state index contributed by atoms with van der Waals surface area (Å²) in [5.74, 6) is 0.709. The van der Waals surface area contributed by atoms with Crippen molar-refractivity contribution in [2.24, 2.45) is 0 Å². The van der Waals surface area contributed by atoms with Crippen molar-refractivity contribution >= 4 is 41.5 Å². The molecule has 0 unspecified atom stereocenters. The van der Waals surface area contributed by atoms with Gasteiger partial charge in [0.25, 0.3) is 0 Å². The van der Waals surface area contributed by atoms with Gasteiger partial charge in [-0.1, -0.05) is 11.6 Å². The Labute approximate surface area is 98.7 Å². The maximum Gasteiger partial charge on any atom is 0.242 e. The maximum absolute atomic E-state index is 5.89. The third-order valence-corrected chi connectivity index (χ3v) is 3.50. The van der Waals surface area contributed by atoms with Crippen LogP contribution in [0.1, 0.15) is 0 Å². The Kier molecular flexibility index (Phi) is 3.50. The second-order valence-electron chi connectivity index (χ2n) is 4.02. The lowest BCUT2D eigenvalue weighted by Gasteiger charge is -2.20. The first kappa shape index (κ1) is 11.9. The van der Waals surface area contributed by atoms with Crippen molar-refractivity contribution in [2.45, 2.75) is 19.6 Å². The fourth-order valence-electron chi connectivity index (χ4n) is 0.962. The average molecular weight is 295 g/mol. The molecule has 0 bridgehead atoms. The zero-order valence-electron chi connectivity index (χ0n) is 8.40. The van der Waals surface area contributed by atoms with Gasteiger partial charge >= 0.3 is 0 Å². The van der Waals surface area contributed by atoms with Gasteiger partial charge in [0.2, 0.25) is 8.32 Å². The van der Waals surface area contributed by atoms with Crippen molar-refractivity contribution in [3.63, 3.8) is 0 Å². The van der Waals surface area contributed by atoms with E-state index in [1.807, 2.05) is 6.07 Å². The molecule has 0 aromatic heterocycles. The molecule has 1 aromatic rings. The first-order chi connectivity index (χ1) is 6.29. The topological polar surface area (TPSA) is 35.2 Å². The minimum atomic E-state index is -1.61. The molecule has 2 nitrogen and oxygen atoms in total. The monoisotopic (exact) mass is 293 g/mol. The Balaban J connectivity index is 3.04. The highest BCUT2D eigenvalue weighted by Gasteiger charge is 2.18. The lowest BCUT2D eigenvalue weighted by Crippen LogP contribution is -2.29. The summed E-state index contributed by atoms with van der Waals surface area (Å²) in [5, 5.41) is 0.602. The van der Waals surface area contributed by atoms with Gasteiger partial charge < -0.3 is 10.2 Å². The van der Waals surface area contributed by atoms with Crippen LogP contribution in [0.15, 0.2) is 16.6 Å². The van der Waals surface area contributed by atoms with Gasteiger partial charge in [-0.15, -0.1) is 0 Å². The average Bonchev–Trinajstić information content (AvgIpc) is 1.97. The second kappa shape index (κ2) is 4.12. The molecule has 14 heavy (non-hydrogen) atoms. The first-order valence-electron chi connectivity index (χ1n) is 4.23. The first-order valence-corrected chi connectivity index (χ1v) is 8.81. The number of hydrogen-bond donors (Lipinski definition) is 1. The molecule has 78 valence electrons. The molecule has 0 aliphatic heterocycles. The van der Waals surface area contributed by atoms with E-state index in [9.17, 15) is 0 Å². The molecule has 1 rings (SSSR count). The molecule has 0 aliphatic carbocycles. The summed E-state index contributed by atoms with van der Waals surface area (Å²) < 4.78 is 6.60. The molecule has 1 aromatic carbocycles. The van der Waals surface area contributed by atoms with Gasteiger partial charge in [0.1, 0.15) is 5.75 Å². The molecule has 0 atom stereocenters. The fourth-order valence-corrected chi connectivity index (χ4v) is 2.29. The number of benzene rings is 1. The summed E-state index contributed by atoms with van der Waals surface area (Å²) in [6, 6.07) is 3.51. The molecule has 2 N–H and O–H groups in total. The number of hydrogen-bond acceptors (Lipinski definition) is 2. The van der Waals surface area contributed by atoms with Gasteiger partial charge in [-0.2, -0.15) is 0 Å². The van der Waals surface area contributed by atoms with E-state index in [0.29, 0.717) is 16.5 Å². The highest BCUT2D eigenvalue weighted by molar-refractivity contribution is 9.10. The molecule has 0 amide bonds. The third kappa shape index (κ3) is 3.19. The van der Waals surface area contributed by atoms with Crippen molar-refractivity contribution in [2.75, 3.05) is 5.73 Å². The summed E-state index contributed by atoms with van der Waals surface area (Å²) in [6.07, 6.45) is 0. The standard InChI is InChI=1S/C9H13BrClNOSi/c1-14(2,3)13-9-4-6(10)7(11)5-8(9)12/h4-5H,12H2,1-3H3. The van der Waals surface area contributed by atoms with Crippen molar-refractivity contribution in [3.8, 4) is 5.75 Å². The quantitative estimate of drug-likeness (QED) is 0.663. The van der Waals surface area contributed by atoms with E-state index in [1.54, 1.807) is 6.07 Å². The number of nitrogens with two attached hydrogens (primary N) is 1. The summed E-state index contributed by atoms with van der Waals surface area (Å²) in [7, 11) is -1.61. The molecule has 0 fully saturated rings. The van der Waals surface area contributed by atoms with E-state index in [1.165, 1.54) is 0 Å². The van der Waals surface area contributed by atoms with Crippen LogP contribution < -0.4 is 10.2 Å². The fraction of sp³-hybridized carbons (Fsp3) is 0.333. The van der Waals surface area contributed by atoms with Crippen molar-refractivity contribution in [3.05, 3.63) is 21.6 Å². The molecular weight excluding hydrogens is 282 g/mol. The molecule has 0 saturated carbocycles. The largest absolute Gasteiger partial charge is 0.543 e. The smallest absolute Gasteiger partial charge is 0.242 e. The molecule has 5 heteroatoms. The summed E-state index contributed by atoms with van der Waals surface area (Å²) in [5.41, 5.74) is 6.37. The number of nitrogen functional groups attached to an aromatic ring is 1. The molecule has 0 spiro atoms. The number of halogens is 2. The third-order valence-electron chi connectivity index (χ3n) is 1.47. The lowest BCUT2D eigenvalue weighted by molar-refractivity contribution is 0.560. The summed E-state index contributed by atoms with van der Waals surface area (Å²) in [4.78, 5) is 0. The lowest BCUT2D eigenvalue weighted by atomic mass is 10.3. The molecule has 0 radical (unpaired) electrons. The van der Waals surface area contributed by atoms with Gasteiger partial charge in [-0.05, 0) is 47.7 Å². The van der Waals surface area contributed by atoms with Crippen molar-refractivity contribution in [1.82, 2.24) is 0 Å². The van der Waals surface area contributed by atoms with E-state index in [4.69, 9.17) is 21.8 Å². The predicted molar refractivity (Wildman–Crippen MR) is 67.5 cm³/mol. The minimum Gasteiger partial charge on any atom is -0.543 e. The van der Waals surface area contributed by atoms with Gasteiger partial charge in [0.15, 0.2) is 0 Å². The normalized spacial score (nSPS) is 11.5. The van der Waals surface area contributed by atoms with Crippen LogP contribution in [-0.2, 0) is 0 Å². The van der Waals surface area contributed by atoms with Crippen molar-refractivity contribution < 1.29 is 4.43 Å². The van der Waals surface area contributed by atoms with Crippen LogP contribution in [-0.4, -0.2) is 8.32 Å². The Hall–Kier alpha value is -0.193. The van der Waals surface area contributed by atoms with Gasteiger partial charge in [0, 0.05) is 4.47 Å². The Morgan fingerprint density at radius 3 is 2.43 bits per heavy atom. The van der Waals surface area contributed by atoms with Crippen LogP contribution >= 0.6 is 27.5 Å². The molecule has 0 heterocycles. The zero-order chi connectivity index (χ0) is 10.9. The Morgan fingerprint density at radius 2 is 1.93 bits per heavy atom. The van der Waals surface area contributed by atoms with E-state index >= 15 is 0 Å². The van der Waals surface area contributed by atoms with Crippen LogP contribution in [0, 0.1) is 0 Å². The SMILES string of the molecule is C[Si](C)(C)Oc1cc(Br)c(Cl)cc1N. The Morgan fingerprint density at radius 1 is 1.36 bits per heavy atom. The molecule has 0 saturated heterocycles. The van der Waals surface area contributed by atoms with Crippen LogP contribution in [0.25, 0.3) is 0 Å². The van der Waals surface area contributed by atoms with Crippen molar-refractivity contribution in [1.29, 1.82) is 0 Å². The summed E-state index contributed by atoms with van der Waals surface area (Å²) in [6.45, 7) is 6.32. The van der Waals surface area contributed by atoms with E-state index in [2.05, 4.69) is 35.6 Å². The van der Waals surface area contributed by atoms with Crippen LogP contribution in [0.5, 0.6) is 5.75 Å². The number of anilines is 1. The van der Waals surface area contributed by atoms with Gasteiger partial charge in [0.05, 0.1) is 10.7 Å². The predicted octanol–water partition coefficient (Wildman–Crippen LogP) is 3.90. The van der Waals surface area contributed by atoms with Crippen LogP contribution in [0.4, 0.5) is 5.69 Å². The van der Waals surface area contributed by atoms with Gasteiger partial charge in [-0.25, -0.2) is 0 Å². The summed E-state index contributed by atoms with van der Waals surface area (Å²) >= 11 is 9.22. The molecule has 0 aliphatic rings. The zero-order valence-corrected chi connectivity index (χ0v) is 11.7. The van der Waals surface area contributed by atoms with Crippen LogP contribution in [0.3, 0.4) is 0 Å². The minimum absolute atomic E-state index is 0.584. The Bertz CT molecular complexity index is 351. The van der Waals surface area contributed by atoms with E-state index < -0.39 is 8.32 Å². The second-order valence-corrected chi connectivity index (χ2v) is 9.71. The molecular formula is C9H13BrClNOSi. The van der Waals surface area contributed by atoms with E-state index in [-0.39, 0.29) is 0 Å². The number of rotatable bonds is 2. The highest BCUT2D eigenvalue weighted by atomic mass is 79.9. The maximum atomic E-state index is 5.89. The highest BCUT2D eigenvalue weighted by Crippen LogP contribution is 2.33.